The molecule has 0 spiro atoms. The molecule has 2 rings (SSSR count). The average Bonchev–Trinajstić information content (AvgIpc) is 2.39. The molecule has 17 heavy (non-hydrogen) atoms. The molecule has 2 aliphatic carbocycles. The predicted molar refractivity (Wildman–Crippen MR) is 69.3 cm³/mol. The van der Waals surface area contributed by atoms with E-state index in [0.717, 1.165) is 18.6 Å². The van der Waals surface area contributed by atoms with Gasteiger partial charge in [-0.2, -0.15) is 0 Å². The maximum Gasteiger partial charge on any atom is 0.114 e. The van der Waals surface area contributed by atoms with Crippen LogP contribution in [0.3, 0.4) is 0 Å². The summed E-state index contributed by atoms with van der Waals surface area (Å²) in [6.45, 7) is 2.24. The summed E-state index contributed by atoms with van der Waals surface area (Å²) >= 11 is 0. The van der Waals surface area contributed by atoms with Crippen LogP contribution in [0.2, 0.25) is 0 Å². The molecule has 1 N–H and O–H groups in total. The minimum absolute atomic E-state index is 0.298. The number of methoxy groups -OCH3 is 1. The summed E-state index contributed by atoms with van der Waals surface area (Å²) in [4.78, 5) is 0. The minimum Gasteiger partial charge on any atom is -0.497 e. The second-order valence-electron chi connectivity index (χ2n) is 4.72. The van der Waals surface area contributed by atoms with E-state index in [-0.39, 0.29) is 6.10 Å². The molecule has 2 heteroatoms. The van der Waals surface area contributed by atoms with E-state index in [4.69, 9.17) is 4.74 Å². The lowest BCUT2D eigenvalue weighted by molar-refractivity contribution is 0.224. The van der Waals surface area contributed by atoms with Gasteiger partial charge in [0.2, 0.25) is 0 Å². The standard InChI is InChI=1S/C15H20O2/c1-11(12-3-7-14(16)8-4-12)13-5-9-15(17-2)10-6-13/h3-5,7,9-11,13-14,16H,6,8H2,1-2H3/t11?,13-,14?/m0/s1. The van der Waals surface area contributed by atoms with Gasteiger partial charge >= 0.3 is 0 Å². The second kappa shape index (κ2) is 5.37. The first-order valence-corrected chi connectivity index (χ1v) is 6.19. The lowest BCUT2D eigenvalue weighted by Gasteiger charge is -2.25. The van der Waals surface area contributed by atoms with Crippen molar-refractivity contribution in [1.82, 2.24) is 0 Å². The third kappa shape index (κ3) is 2.89. The van der Waals surface area contributed by atoms with Crippen molar-refractivity contribution in [2.75, 3.05) is 7.11 Å². The van der Waals surface area contributed by atoms with Gasteiger partial charge in [-0.1, -0.05) is 31.2 Å². The molecule has 0 aromatic rings. The number of rotatable bonds is 3. The average molecular weight is 232 g/mol. The summed E-state index contributed by atoms with van der Waals surface area (Å²) in [6.07, 6.45) is 14.0. The fraction of sp³-hybridized carbons (Fsp3) is 0.467. The molecular formula is C15H20O2. The Morgan fingerprint density at radius 2 is 2.06 bits per heavy atom. The van der Waals surface area contributed by atoms with Crippen molar-refractivity contribution in [2.45, 2.75) is 25.9 Å². The molecule has 0 saturated carbocycles. The molecule has 92 valence electrons. The predicted octanol–water partition coefficient (Wildman–Crippen LogP) is 2.98. The Labute approximate surface area is 103 Å². The summed E-state index contributed by atoms with van der Waals surface area (Å²) < 4.78 is 5.19. The van der Waals surface area contributed by atoms with Gasteiger partial charge in [-0.15, -0.1) is 0 Å². The van der Waals surface area contributed by atoms with Gasteiger partial charge in [-0.25, -0.2) is 0 Å². The van der Waals surface area contributed by atoms with Crippen molar-refractivity contribution in [3.8, 4) is 0 Å². The van der Waals surface area contributed by atoms with Crippen LogP contribution in [0.25, 0.3) is 0 Å². The molecule has 2 aliphatic rings. The Morgan fingerprint density at radius 1 is 1.24 bits per heavy atom. The fourth-order valence-electron chi connectivity index (χ4n) is 2.35. The highest BCUT2D eigenvalue weighted by molar-refractivity contribution is 5.29. The summed E-state index contributed by atoms with van der Waals surface area (Å²) in [5, 5.41) is 9.41. The van der Waals surface area contributed by atoms with E-state index in [1.54, 1.807) is 7.11 Å². The van der Waals surface area contributed by atoms with Gasteiger partial charge in [0.05, 0.1) is 13.2 Å². The number of hydrogen-bond acceptors (Lipinski definition) is 2. The Hall–Kier alpha value is -1.28. The van der Waals surface area contributed by atoms with Crippen molar-refractivity contribution < 1.29 is 9.84 Å². The molecule has 0 radical (unpaired) electrons. The molecule has 3 atom stereocenters. The van der Waals surface area contributed by atoms with Crippen molar-refractivity contribution in [3.63, 3.8) is 0 Å². The van der Waals surface area contributed by atoms with Crippen molar-refractivity contribution in [2.24, 2.45) is 11.8 Å². The van der Waals surface area contributed by atoms with Gasteiger partial charge in [-0.3, -0.25) is 0 Å². The normalized spacial score (nSPS) is 29.6. The smallest absolute Gasteiger partial charge is 0.114 e. The lowest BCUT2D eigenvalue weighted by Crippen LogP contribution is -2.15. The Balaban J connectivity index is 1.99. The highest BCUT2D eigenvalue weighted by Gasteiger charge is 2.20. The lowest BCUT2D eigenvalue weighted by atomic mass is 9.81. The molecule has 0 aromatic heterocycles. The summed E-state index contributed by atoms with van der Waals surface area (Å²) in [5.74, 6) is 1.97. The van der Waals surface area contributed by atoms with E-state index < -0.39 is 0 Å². The molecule has 0 aromatic carbocycles. The Bertz CT molecular complexity index is 388. The van der Waals surface area contributed by atoms with E-state index >= 15 is 0 Å². The minimum atomic E-state index is -0.298. The summed E-state index contributed by atoms with van der Waals surface area (Å²) in [6, 6.07) is 0. The quantitative estimate of drug-likeness (QED) is 0.810. The van der Waals surface area contributed by atoms with Crippen LogP contribution < -0.4 is 0 Å². The second-order valence-corrected chi connectivity index (χ2v) is 4.72. The fourth-order valence-corrected chi connectivity index (χ4v) is 2.35. The van der Waals surface area contributed by atoms with Crippen LogP contribution in [0.5, 0.6) is 0 Å². The van der Waals surface area contributed by atoms with Crippen molar-refractivity contribution in [1.29, 1.82) is 0 Å². The first kappa shape index (κ1) is 12.2. The van der Waals surface area contributed by atoms with Crippen molar-refractivity contribution >= 4 is 0 Å². The van der Waals surface area contributed by atoms with Crippen molar-refractivity contribution in [3.05, 3.63) is 47.8 Å². The van der Waals surface area contributed by atoms with E-state index in [0.29, 0.717) is 11.8 Å². The zero-order valence-electron chi connectivity index (χ0n) is 10.5. The van der Waals surface area contributed by atoms with Crippen LogP contribution in [-0.2, 0) is 4.74 Å². The number of aliphatic hydroxyl groups excluding tert-OH is 1. The monoisotopic (exact) mass is 232 g/mol. The SMILES string of the molecule is COC1=CC[C@@H](C(C)C2=CCC(O)C=C2)C=C1. The molecule has 0 heterocycles. The molecule has 0 fully saturated rings. The van der Waals surface area contributed by atoms with Crippen LogP contribution in [-0.4, -0.2) is 18.3 Å². The number of ether oxygens (including phenoxy) is 1. The van der Waals surface area contributed by atoms with Gasteiger partial charge < -0.3 is 9.84 Å². The largest absolute Gasteiger partial charge is 0.497 e. The van der Waals surface area contributed by atoms with E-state index in [9.17, 15) is 5.11 Å². The Morgan fingerprint density at radius 3 is 2.59 bits per heavy atom. The number of aliphatic hydroxyl groups is 1. The highest BCUT2D eigenvalue weighted by Crippen LogP contribution is 2.31. The zero-order valence-corrected chi connectivity index (χ0v) is 10.5. The third-order valence-electron chi connectivity index (χ3n) is 3.61. The molecule has 0 amide bonds. The summed E-state index contributed by atoms with van der Waals surface area (Å²) in [7, 11) is 1.70. The number of hydrogen-bond donors (Lipinski definition) is 1. The molecule has 0 saturated heterocycles. The van der Waals surface area contributed by atoms with E-state index in [1.165, 1.54) is 5.57 Å². The molecule has 0 bridgehead atoms. The molecular weight excluding hydrogens is 212 g/mol. The maximum atomic E-state index is 9.41. The van der Waals surface area contributed by atoms with Gasteiger partial charge in [0.15, 0.2) is 0 Å². The van der Waals surface area contributed by atoms with E-state index in [2.05, 4.69) is 31.2 Å². The van der Waals surface area contributed by atoms with Gasteiger partial charge in [0.1, 0.15) is 5.76 Å². The Kier molecular flexibility index (Phi) is 3.85. The van der Waals surface area contributed by atoms with Gasteiger partial charge in [0.25, 0.3) is 0 Å². The first-order valence-electron chi connectivity index (χ1n) is 6.19. The maximum absolute atomic E-state index is 9.41. The zero-order chi connectivity index (χ0) is 12.3. The van der Waals surface area contributed by atoms with Crippen LogP contribution in [0.1, 0.15) is 19.8 Å². The molecule has 0 aliphatic heterocycles. The third-order valence-corrected chi connectivity index (χ3v) is 3.61. The van der Waals surface area contributed by atoms with Crippen LogP contribution in [0.15, 0.2) is 47.8 Å². The summed E-state index contributed by atoms with van der Waals surface area (Å²) in [5.41, 5.74) is 1.33. The topological polar surface area (TPSA) is 29.5 Å². The van der Waals surface area contributed by atoms with Gasteiger partial charge in [0, 0.05) is 0 Å². The van der Waals surface area contributed by atoms with E-state index in [1.807, 2.05) is 12.2 Å². The first-order chi connectivity index (χ1) is 8.20. The molecule has 2 unspecified atom stereocenters. The highest BCUT2D eigenvalue weighted by atomic mass is 16.5. The van der Waals surface area contributed by atoms with Gasteiger partial charge in [-0.05, 0) is 42.4 Å². The van der Waals surface area contributed by atoms with Crippen LogP contribution in [0, 0.1) is 11.8 Å². The van der Waals surface area contributed by atoms with Crippen LogP contribution >= 0.6 is 0 Å². The number of allylic oxidation sites excluding steroid dienone is 5. The molecule has 2 nitrogen and oxygen atoms in total. The van der Waals surface area contributed by atoms with Crippen LogP contribution in [0.4, 0.5) is 0 Å².